The predicted molar refractivity (Wildman–Crippen MR) is 108 cm³/mol. The maximum Gasteiger partial charge on any atom is 0.233 e. The van der Waals surface area contributed by atoms with Gasteiger partial charge in [-0.3, -0.25) is 4.79 Å². The summed E-state index contributed by atoms with van der Waals surface area (Å²) in [5.74, 6) is 1.22. The summed E-state index contributed by atoms with van der Waals surface area (Å²) in [4.78, 5) is 18.0. The predicted octanol–water partition coefficient (Wildman–Crippen LogP) is 3.86. The van der Waals surface area contributed by atoms with E-state index in [1.54, 1.807) is 7.11 Å². The number of rotatable bonds is 4. The third kappa shape index (κ3) is 3.29. The molecule has 0 bridgehead atoms. The minimum Gasteiger partial charge on any atom is -0.495 e. The van der Waals surface area contributed by atoms with Gasteiger partial charge in [-0.1, -0.05) is 55.3 Å². The minimum absolute atomic E-state index is 0.312. The summed E-state index contributed by atoms with van der Waals surface area (Å²) in [6.45, 7) is 3.23. The Kier molecular flexibility index (Phi) is 5.06. The van der Waals surface area contributed by atoms with E-state index in [0.29, 0.717) is 5.91 Å². The molecule has 1 aliphatic carbocycles. The van der Waals surface area contributed by atoms with Gasteiger partial charge in [0.05, 0.1) is 18.2 Å². The van der Waals surface area contributed by atoms with Crippen molar-refractivity contribution in [2.75, 3.05) is 38.2 Å². The molecule has 0 radical (unpaired) electrons. The van der Waals surface area contributed by atoms with Gasteiger partial charge < -0.3 is 14.5 Å². The zero-order valence-corrected chi connectivity index (χ0v) is 16.1. The Morgan fingerprint density at radius 1 is 0.889 bits per heavy atom. The van der Waals surface area contributed by atoms with E-state index >= 15 is 0 Å². The fourth-order valence-electron chi connectivity index (χ4n) is 4.71. The van der Waals surface area contributed by atoms with Crippen LogP contribution in [-0.4, -0.2) is 44.1 Å². The molecule has 4 nitrogen and oxygen atoms in total. The quantitative estimate of drug-likeness (QED) is 0.826. The van der Waals surface area contributed by atoms with Crippen molar-refractivity contribution < 1.29 is 9.53 Å². The highest BCUT2D eigenvalue weighted by atomic mass is 16.5. The highest BCUT2D eigenvalue weighted by molar-refractivity contribution is 5.89. The van der Waals surface area contributed by atoms with Crippen LogP contribution in [0.2, 0.25) is 0 Å². The molecule has 0 aromatic heterocycles. The maximum atomic E-state index is 13.6. The number of hydrogen-bond donors (Lipinski definition) is 0. The van der Waals surface area contributed by atoms with Gasteiger partial charge in [-0.2, -0.15) is 0 Å². The Morgan fingerprint density at radius 3 is 2.19 bits per heavy atom. The van der Waals surface area contributed by atoms with Crippen molar-refractivity contribution in [3.63, 3.8) is 0 Å². The molecular weight excluding hydrogens is 336 g/mol. The average Bonchev–Trinajstić information content (AvgIpc) is 3.25. The summed E-state index contributed by atoms with van der Waals surface area (Å²) in [6, 6.07) is 18.5. The molecule has 1 aliphatic heterocycles. The monoisotopic (exact) mass is 364 g/mol. The first-order chi connectivity index (χ1) is 13.2. The Hall–Kier alpha value is -2.49. The lowest BCUT2D eigenvalue weighted by molar-refractivity contribution is -0.137. The molecule has 4 heteroatoms. The average molecular weight is 364 g/mol. The van der Waals surface area contributed by atoms with Crippen LogP contribution < -0.4 is 9.64 Å². The van der Waals surface area contributed by atoms with Gasteiger partial charge in [0.1, 0.15) is 5.75 Å². The zero-order chi connectivity index (χ0) is 18.7. The standard InChI is InChI=1S/C23H28N2O2/c1-27-21-12-6-5-11-20(21)24-15-17-25(18-16-24)22(26)23(13-7-8-14-23)19-9-3-2-4-10-19/h2-6,9-12H,7-8,13-18H2,1H3. The van der Waals surface area contributed by atoms with Crippen LogP contribution in [0.1, 0.15) is 31.2 Å². The van der Waals surface area contributed by atoms with Gasteiger partial charge >= 0.3 is 0 Å². The van der Waals surface area contributed by atoms with Crippen molar-refractivity contribution in [2.24, 2.45) is 0 Å². The maximum absolute atomic E-state index is 13.6. The highest BCUT2D eigenvalue weighted by Gasteiger charge is 2.45. The summed E-state index contributed by atoms with van der Waals surface area (Å²) >= 11 is 0. The van der Waals surface area contributed by atoms with Crippen LogP contribution in [0.5, 0.6) is 5.75 Å². The molecule has 2 aromatic carbocycles. The summed E-state index contributed by atoms with van der Waals surface area (Å²) < 4.78 is 5.51. The lowest BCUT2D eigenvalue weighted by atomic mass is 9.77. The second kappa shape index (κ2) is 7.63. The van der Waals surface area contributed by atoms with E-state index in [2.05, 4.69) is 40.1 Å². The number of nitrogens with zero attached hydrogens (tertiary/aromatic N) is 2. The van der Waals surface area contributed by atoms with Crippen LogP contribution in [0.15, 0.2) is 54.6 Å². The molecule has 1 saturated heterocycles. The van der Waals surface area contributed by atoms with Crippen molar-refractivity contribution in [2.45, 2.75) is 31.1 Å². The molecule has 1 heterocycles. The number of hydrogen-bond acceptors (Lipinski definition) is 3. The van der Waals surface area contributed by atoms with Crippen molar-refractivity contribution in [1.82, 2.24) is 4.90 Å². The van der Waals surface area contributed by atoms with Gasteiger partial charge in [-0.15, -0.1) is 0 Å². The number of methoxy groups -OCH3 is 1. The molecular formula is C23H28N2O2. The van der Waals surface area contributed by atoms with Crippen molar-refractivity contribution in [3.8, 4) is 5.75 Å². The normalized spacial score (nSPS) is 19.1. The molecule has 0 atom stereocenters. The fourth-order valence-corrected chi connectivity index (χ4v) is 4.71. The van der Waals surface area contributed by atoms with E-state index in [-0.39, 0.29) is 5.41 Å². The number of carbonyl (C=O) groups excluding carboxylic acids is 1. The second-order valence-electron chi connectivity index (χ2n) is 7.61. The fraction of sp³-hybridized carbons (Fsp3) is 0.435. The molecule has 2 aliphatic rings. The van der Waals surface area contributed by atoms with Crippen LogP contribution in [0.25, 0.3) is 0 Å². The van der Waals surface area contributed by atoms with Crippen molar-refractivity contribution in [1.29, 1.82) is 0 Å². The van der Waals surface area contributed by atoms with E-state index in [9.17, 15) is 4.79 Å². The van der Waals surface area contributed by atoms with Gasteiger partial charge in [0.15, 0.2) is 0 Å². The first-order valence-electron chi connectivity index (χ1n) is 9.97. The smallest absolute Gasteiger partial charge is 0.233 e. The summed E-state index contributed by atoms with van der Waals surface area (Å²) in [5.41, 5.74) is 2.00. The lowest BCUT2D eigenvalue weighted by Gasteiger charge is -2.41. The van der Waals surface area contributed by atoms with Crippen LogP contribution in [0.4, 0.5) is 5.69 Å². The SMILES string of the molecule is COc1ccccc1N1CCN(C(=O)C2(c3ccccc3)CCCC2)CC1. The number of para-hydroxylation sites is 2. The molecule has 2 aromatic rings. The number of carbonyl (C=O) groups is 1. The molecule has 1 saturated carbocycles. The molecule has 0 spiro atoms. The largest absolute Gasteiger partial charge is 0.495 e. The third-order valence-corrected chi connectivity index (χ3v) is 6.19. The Balaban J connectivity index is 1.50. The number of ether oxygens (including phenoxy) is 1. The molecule has 2 fully saturated rings. The molecule has 0 N–H and O–H groups in total. The van der Waals surface area contributed by atoms with Crippen LogP contribution >= 0.6 is 0 Å². The molecule has 4 rings (SSSR count). The number of amides is 1. The van der Waals surface area contributed by atoms with Gasteiger partial charge in [0.2, 0.25) is 5.91 Å². The second-order valence-corrected chi connectivity index (χ2v) is 7.61. The number of anilines is 1. The first kappa shape index (κ1) is 17.9. The summed E-state index contributed by atoms with van der Waals surface area (Å²) in [6.07, 6.45) is 4.23. The summed E-state index contributed by atoms with van der Waals surface area (Å²) in [5, 5.41) is 0. The Morgan fingerprint density at radius 2 is 1.52 bits per heavy atom. The molecule has 1 amide bonds. The molecule has 0 unspecified atom stereocenters. The first-order valence-corrected chi connectivity index (χ1v) is 9.97. The van der Waals surface area contributed by atoms with Crippen molar-refractivity contribution in [3.05, 3.63) is 60.2 Å². The van der Waals surface area contributed by atoms with E-state index in [1.807, 2.05) is 24.3 Å². The van der Waals surface area contributed by atoms with Crippen molar-refractivity contribution >= 4 is 11.6 Å². The van der Waals surface area contributed by atoms with Gasteiger partial charge in [0, 0.05) is 26.2 Å². The van der Waals surface area contributed by atoms with E-state index in [1.165, 1.54) is 5.56 Å². The lowest BCUT2D eigenvalue weighted by Crippen LogP contribution is -2.54. The summed E-state index contributed by atoms with van der Waals surface area (Å²) in [7, 11) is 1.71. The van der Waals surface area contributed by atoms with E-state index < -0.39 is 0 Å². The molecule has 142 valence electrons. The Labute approximate surface area is 161 Å². The van der Waals surface area contributed by atoms with Crippen LogP contribution in [-0.2, 0) is 10.2 Å². The number of piperazine rings is 1. The van der Waals surface area contributed by atoms with Crippen LogP contribution in [0.3, 0.4) is 0 Å². The zero-order valence-electron chi connectivity index (χ0n) is 16.1. The van der Waals surface area contributed by atoms with Gasteiger partial charge in [-0.05, 0) is 30.5 Å². The van der Waals surface area contributed by atoms with Gasteiger partial charge in [-0.25, -0.2) is 0 Å². The number of benzene rings is 2. The Bertz CT molecular complexity index is 776. The topological polar surface area (TPSA) is 32.8 Å². The molecule has 27 heavy (non-hydrogen) atoms. The minimum atomic E-state index is -0.312. The highest BCUT2D eigenvalue weighted by Crippen LogP contribution is 2.43. The van der Waals surface area contributed by atoms with Crippen LogP contribution in [0, 0.1) is 0 Å². The van der Waals surface area contributed by atoms with E-state index in [4.69, 9.17) is 4.74 Å². The van der Waals surface area contributed by atoms with Gasteiger partial charge in [0.25, 0.3) is 0 Å². The van der Waals surface area contributed by atoms with E-state index in [0.717, 1.165) is 63.3 Å². The third-order valence-electron chi connectivity index (χ3n) is 6.19.